The summed E-state index contributed by atoms with van der Waals surface area (Å²) < 4.78 is 5.94. The van der Waals surface area contributed by atoms with Crippen LogP contribution in [-0.2, 0) is 16.2 Å². The number of nitrogens with zero attached hydrogens (tertiary/aromatic N) is 1. The minimum Gasteiger partial charge on any atom is -0.489 e. The number of ketones is 1. The molecule has 1 atom stereocenters. The average Bonchev–Trinajstić information content (AvgIpc) is 2.82. The van der Waals surface area contributed by atoms with E-state index in [2.05, 4.69) is 13.8 Å². The minimum absolute atomic E-state index is 0.0363. The second-order valence-corrected chi connectivity index (χ2v) is 10.5. The molecule has 0 aromatic heterocycles. The zero-order chi connectivity index (χ0) is 24.6. The number of allylic oxidation sites excluding steroid dienone is 2. The predicted molar refractivity (Wildman–Crippen MR) is 138 cm³/mol. The van der Waals surface area contributed by atoms with E-state index in [0.29, 0.717) is 19.4 Å². The van der Waals surface area contributed by atoms with E-state index in [4.69, 9.17) is 4.74 Å². The van der Waals surface area contributed by atoms with Crippen molar-refractivity contribution >= 4 is 17.4 Å². The molecule has 4 nitrogen and oxygen atoms in total. The van der Waals surface area contributed by atoms with Gasteiger partial charge < -0.3 is 4.74 Å². The zero-order valence-corrected chi connectivity index (χ0v) is 20.6. The Kier molecular flexibility index (Phi) is 6.06. The summed E-state index contributed by atoms with van der Waals surface area (Å²) in [6.45, 7) is 6.73. The van der Waals surface area contributed by atoms with E-state index in [1.54, 1.807) is 4.90 Å². The van der Waals surface area contributed by atoms with Crippen LogP contribution >= 0.6 is 0 Å². The number of ether oxygens (including phenoxy) is 1. The van der Waals surface area contributed by atoms with Gasteiger partial charge in [0, 0.05) is 35.7 Å². The van der Waals surface area contributed by atoms with Crippen molar-refractivity contribution in [3.63, 3.8) is 0 Å². The summed E-state index contributed by atoms with van der Waals surface area (Å²) in [6.07, 6.45) is 1.47. The SMILES string of the molecule is Cc1cccc(N2C(=O)CC(c3ccc(OCc4ccccc4)cc3)C3=C2CC(C)(C)CC3=O)c1. The fourth-order valence-corrected chi connectivity index (χ4v) is 5.30. The van der Waals surface area contributed by atoms with E-state index in [9.17, 15) is 9.59 Å². The van der Waals surface area contributed by atoms with Gasteiger partial charge in [0.2, 0.25) is 5.91 Å². The normalized spacial score (nSPS) is 19.5. The molecular formula is C31H31NO3. The number of hydrogen-bond donors (Lipinski definition) is 0. The van der Waals surface area contributed by atoms with Gasteiger partial charge in [-0.2, -0.15) is 0 Å². The molecule has 1 heterocycles. The maximum atomic E-state index is 13.5. The topological polar surface area (TPSA) is 46.6 Å². The van der Waals surface area contributed by atoms with Crippen molar-refractivity contribution in [3.05, 3.63) is 107 Å². The third-order valence-corrected chi connectivity index (χ3v) is 6.93. The van der Waals surface area contributed by atoms with Crippen LogP contribution in [0.2, 0.25) is 0 Å². The van der Waals surface area contributed by atoms with Crippen LogP contribution in [0.3, 0.4) is 0 Å². The lowest BCUT2D eigenvalue weighted by Crippen LogP contribution is -2.43. The minimum atomic E-state index is -0.231. The molecule has 2 aliphatic rings. The van der Waals surface area contributed by atoms with Crippen LogP contribution < -0.4 is 9.64 Å². The van der Waals surface area contributed by atoms with Crippen LogP contribution in [0.1, 0.15) is 55.7 Å². The Balaban J connectivity index is 1.48. The standard InChI is InChI=1S/C31H31NO3/c1-21-8-7-11-24(16-21)32-27-18-31(2,3)19-28(33)30(27)26(17-29(32)34)23-12-14-25(15-13-23)35-20-22-9-5-4-6-10-22/h4-16,26H,17-20H2,1-3H3. The molecule has 35 heavy (non-hydrogen) atoms. The van der Waals surface area contributed by atoms with Crippen LogP contribution in [0.15, 0.2) is 90.1 Å². The highest BCUT2D eigenvalue weighted by atomic mass is 16.5. The first-order valence-corrected chi connectivity index (χ1v) is 12.2. The molecule has 0 saturated heterocycles. The fraction of sp³-hybridized carbons (Fsp3) is 0.290. The number of Topliss-reactive ketones (excluding diaryl/α,β-unsaturated/α-hetero) is 1. The average molecular weight is 466 g/mol. The highest BCUT2D eigenvalue weighted by Gasteiger charge is 2.44. The van der Waals surface area contributed by atoms with Gasteiger partial charge in [0.1, 0.15) is 12.4 Å². The third-order valence-electron chi connectivity index (χ3n) is 6.93. The molecule has 3 aromatic carbocycles. The van der Waals surface area contributed by atoms with Crippen LogP contribution in [0.4, 0.5) is 5.69 Å². The van der Waals surface area contributed by atoms with Crippen molar-refractivity contribution in [1.29, 1.82) is 0 Å². The molecule has 0 fully saturated rings. The van der Waals surface area contributed by atoms with Crippen molar-refractivity contribution in [1.82, 2.24) is 0 Å². The van der Waals surface area contributed by atoms with Gasteiger partial charge in [-0.15, -0.1) is 0 Å². The largest absolute Gasteiger partial charge is 0.489 e. The van der Waals surface area contributed by atoms with Crippen LogP contribution in [0.5, 0.6) is 5.75 Å². The smallest absolute Gasteiger partial charge is 0.232 e. The van der Waals surface area contributed by atoms with Crippen molar-refractivity contribution < 1.29 is 14.3 Å². The quantitative estimate of drug-likeness (QED) is 0.419. The van der Waals surface area contributed by atoms with E-state index >= 15 is 0 Å². The Hall–Kier alpha value is -3.66. The molecule has 0 N–H and O–H groups in total. The summed E-state index contributed by atoms with van der Waals surface area (Å²) >= 11 is 0. The highest BCUT2D eigenvalue weighted by Crippen LogP contribution is 2.48. The first kappa shape index (κ1) is 23.1. The number of rotatable bonds is 5. The fourth-order valence-electron chi connectivity index (χ4n) is 5.30. The Bertz CT molecular complexity index is 1290. The number of aryl methyl sites for hydroxylation is 1. The molecule has 1 amide bonds. The third kappa shape index (κ3) is 4.79. The number of anilines is 1. The Morgan fingerprint density at radius 3 is 2.37 bits per heavy atom. The van der Waals surface area contributed by atoms with Gasteiger partial charge in [0.05, 0.1) is 0 Å². The lowest BCUT2D eigenvalue weighted by Gasteiger charge is -2.43. The van der Waals surface area contributed by atoms with Gasteiger partial charge >= 0.3 is 0 Å². The molecule has 4 heteroatoms. The monoisotopic (exact) mass is 465 g/mol. The summed E-state index contributed by atoms with van der Waals surface area (Å²) in [5.41, 5.74) is 5.50. The molecule has 1 unspecified atom stereocenters. The first-order valence-electron chi connectivity index (χ1n) is 12.2. The molecule has 178 valence electrons. The Labute approximate surface area is 207 Å². The van der Waals surface area contributed by atoms with E-state index in [1.807, 2.05) is 85.8 Å². The van der Waals surface area contributed by atoms with Crippen LogP contribution in [0.25, 0.3) is 0 Å². The summed E-state index contributed by atoms with van der Waals surface area (Å²) in [6, 6.07) is 25.9. The predicted octanol–water partition coefficient (Wildman–Crippen LogP) is 6.74. The number of carbonyl (C=O) groups excluding carboxylic acids is 2. The van der Waals surface area contributed by atoms with E-state index < -0.39 is 0 Å². The summed E-state index contributed by atoms with van der Waals surface area (Å²) in [5.74, 6) is 0.724. The number of carbonyl (C=O) groups is 2. The zero-order valence-electron chi connectivity index (χ0n) is 20.6. The van der Waals surface area contributed by atoms with Crippen molar-refractivity contribution in [2.24, 2.45) is 5.41 Å². The van der Waals surface area contributed by atoms with E-state index in [0.717, 1.165) is 39.4 Å². The van der Waals surface area contributed by atoms with Crippen molar-refractivity contribution in [2.75, 3.05) is 4.90 Å². The van der Waals surface area contributed by atoms with Gasteiger partial charge in [-0.1, -0.05) is 68.4 Å². The molecule has 1 aliphatic heterocycles. The number of hydrogen-bond acceptors (Lipinski definition) is 3. The van der Waals surface area contributed by atoms with Gasteiger partial charge in [-0.05, 0) is 59.7 Å². The second kappa shape index (κ2) is 9.18. The lowest BCUT2D eigenvalue weighted by molar-refractivity contribution is -0.121. The molecule has 0 bridgehead atoms. The molecule has 3 aromatic rings. The molecule has 0 spiro atoms. The summed E-state index contributed by atoms with van der Waals surface area (Å²) in [7, 11) is 0. The molecule has 0 saturated carbocycles. The molecular weight excluding hydrogens is 434 g/mol. The summed E-state index contributed by atoms with van der Waals surface area (Å²) in [4.78, 5) is 28.8. The van der Waals surface area contributed by atoms with E-state index in [-0.39, 0.29) is 29.4 Å². The Morgan fingerprint density at radius 2 is 1.66 bits per heavy atom. The van der Waals surface area contributed by atoms with Crippen LogP contribution in [-0.4, -0.2) is 11.7 Å². The van der Waals surface area contributed by atoms with Crippen molar-refractivity contribution in [3.8, 4) is 5.75 Å². The second-order valence-electron chi connectivity index (χ2n) is 10.5. The van der Waals surface area contributed by atoms with Gasteiger partial charge in [-0.3, -0.25) is 14.5 Å². The first-order chi connectivity index (χ1) is 16.8. The Morgan fingerprint density at radius 1 is 0.914 bits per heavy atom. The number of amides is 1. The number of benzene rings is 3. The van der Waals surface area contributed by atoms with Crippen LogP contribution in [0, 0.1) is 12.3 Å². The summed E-state index contributed by atoms with van der Waals surface area (Å²) in [5, 5.41) is 0. The van der Waals surface area contributed by atoms with Gasteiger partial charge in [0.15, 0.2) is 5.78 Å². The van der Waals surface area contributed by atoms with E-state index in [1.165, 1.54) is 0 Å². The van der Waals surface area contributed by atoms with Crippen molar-refractivity contribution in [2.45, 2.75) is 52.6 Å². The van der Waals surface area contributed by atoms with Gasteiger partial charge in [-0.25, -0.2) is 0 Å². The molecule has 1 aliphatic carbocycles. The maximum absolute atomic E-state index is 13.5. The molecule has 0 radical (unpaired) electrons. The molecule has 5 rings (SSSR count). The highest BCUT2D eigenvalue weighted by molar-refractivity contribution is 6.07. The lowest BCUT2D eigenvalue weighted by atomic mass is 9.69. The maximum Gasteiger partial charge on any atom is 0.232 e. The van der Waals surface area contributed by atoms with Gasteiger partial charge in [0.25, 0.3) is 0 Å².